The zero-order valence-corrected chi connectivity index (χ0v) is 10.4. The molecule has 0 aliphatic rings. The number of benzene rings is 1. The summed E-state index contributed by atoms with van der Waals surface area (Å²) in [6.45, 7) is 3.56. The predicted octanol–water partition coefficient (Wildman–Crippen LogP) is 3.16. The Labute approximate surface area is 105 Å². The highest BCUT2D eigenvalue weighted by atomic mass is 35.5. The standard InChI is InChI=1S/C13H13ClN2O/c1-8-12(9(2)17)7-15-13(16-8)10-4-3-5-11(14)6-10/h3-7,9,17H,1-2H3/t9-/m1/s1. The second-order valence-electron chi connectivity index (χ2n) is 3.92. The van der Waals surface area contributed by atoms with Crippen LogP contribution in [0.15, 0.2) is 30.5 Å². The molecule has 0 radical (unpaired) electrons. The number of halogens is 1. The van der Waals surface area contributed by atoms with Crippen LogP contribution >= 0.6 is 11.6 Å². The number of aryl methyl sites for hydroxylation is 1. The summed E-state index contributed by atoms with van der Waals surface area (Å²) in [5, 5.41) is 10.2. The van der Waals surface area contributed by atoms with Gasteiger partial charge in [-0.05, 0) is 26.0 Å². The van der Waals surface area contributed by atoms with E-state index in [0.29, 0.717) is 10.8 Å². The molecular weight excluding hydrogens is 236 g/mol. The van der Waals surface area contributed by atoms with Gasteiger partial charge < -0.3 is 5.11 Å². The number of rotatable bonds is 2. The second kappa shape index (κ2) is 4.82. The highest BCUT2D eigenvalue weighted by Gasteiger charge is 2.09. The first-order valence-electron chi connectivity index (χ1n) is 5.35. The van der Waals surface area contributed by atoms with Gasteiger partial charge in [-0.1, -0.05) is 23.7 Å². The highest BCUT2D eigenvalue weighted by Crippen LogP contribution is 2.21. The van der Waals surface area contributed by atoms with Gasteiger partial charge >= 0.3 is 0 Å². The van der Waals surface area contributed by atoms with Crippen molar-refractivity contribution in [2.45, 2.75) is 20.0 Å². The van der Waals surface area contributed by atoms with Crippen LogP contribution in [-0.4, -0.2) is 15.1 Å². The molecule has 0 saturated heterocycles. The van der Waals surface area contributed by atoms with Gasteiger partial charge in [0.05, 0.1) is 6.10 Å². The normalized spacial score (nSPS) is 12.5. The van der Waals surface area contributed by atoms with E-state index in [1.807, 2.05) is 31.2 Å². The minimum Gasteiger partial charge on any atom is -0.389 e. The lowest BCUT2D eigenvalue weighted by atomic mass is 10.1. The summed E-state index contributed by atoms with van der Waals surface area (Å²) >= 11 is 5.92. The van der Waals surface area contributed by atoms with E-state index in [1.54, 1.807) is 13.1 Å². The van der Waals surface area contributed by atoms with Gasteiger partial charge in [0.2, 0.25) is 0 Å². The second-order valence-corrected chi connectivity index (χ2v) is 4.36. The summed E-state index contributed by atoms with van der Waals surface area (Å²) in [7, 11) is 0. The number of hydrogen-bond acceptors (Lipinski definition) is 3. The first-order chi connectivity index (χ1) is 8.08. The van der Waals surface area contributed by atoms with Crippen molar-refractivity contribution >= 4 is 11.6 Å². The number of nitrogens with zero attached hydrogens (tertiary/aromatic N) is 2. The Morgan fingerprint density at radius 2 is 2.12 bits per heavy atom. The molecule has 1 atom stereocenters. The van der Waals surface area contributed by atoms with Crippen LogP contribution in [0, 0.1) is 6.92 Å². The van der Waals surface area contributed by atoms with Crippen LogP contribution in [0.4, 0.5) is 0 Å². The third-order valence-corrected chi connectivity index (χ3v) is 2.79. The molecule has 1 N–H and O–H groups in total. The summed E-state index contributed by atoms with van der Waals surface area (Å²) < 4.78 is 0. The molecule has 0 saturated carbocycles. The molecule has 0 amide bonds. The average Bonchev–Trinajstić information content (AvgIpc) is 2.28. The van der Waals surface area contributed by atoms with Crippen LogP contribution in [0.2, 0.25) is 5.02 Å². The summed E-state index contributed by atoms with van der Waals surface area (Å²) in [6, 6.07) is 7.39. The molecule has 0 aliphatic heterocycles. The van der Waals surface area contributed by atoms with Crippen molar-refractivity contribution in [3.63, 3.8) is 0 Å². The van der Waals surface area contributed by atoms with Gasteiger partial charge in [-0.3, -0.25) is 0 Å². The van der Waals surface area contributed by atoms with Crippen LogP contribution in [0.25, 0.3) is 11.4 Å². The fraction of sp³-hybridized carbons (Fsp3) is 0.231. The number of aliphatic hydroxyl groups excluding tert-OH is 1. The zero-order valence-electron chi connectivity index (χ0n) is 9.68. The summed E-state index contributed by atoms with van der Waals surface area (Å²) in [5.41, 5.74) is 2.40. The Balaban J connectivity index is 2.44. The van der Waals surface area contributed by atoms with E-state index in [1.165, 1.54) is 0 Å². The van der Waals surface area contributed by atoms with Crippen molar-refractivity contribution < 1.29 is 5.11 Å². The highest BCUT2D eigenvalue weighted by molar-refractivity contribution is 6.30. The molecule has 88 valence electrons. The van der Waals surface area contributed by atoms with E-state index in [0.717, 1.165) is 16.8 Å². The maximum atomic E-state index is 9.51. The quantitative estimate of drug-likeness (QED) is 0.888. The van der Waals surface area contributed by atoms with Crippen LogP contribution in [0.5, 0.6) is 0 Å². The molecule has 0 unspecified atom stereocenters. The molecular formula is C13H13ClN2O. The predicted molar refractivity (Wildman–Crippen MR) is 67.8 cm³/mol. The van der Waals surface area contributed by atoms with Gasteiger partial charge in [0.1, 0.15) is 0 Å². The molecule has 0 bridgehead atoms. The van der Waals surface area contributed by atoms with E-state index < -0.39 is 6.10 Å². The smallest absolute Gasteiger partial charge is 0.159 e. The van der Waals surface area contributed by atoms with Gasteiger partial charge in [-0.15, -0.1) is 0 Å². The van der Waals surface area contributed by atoms with Gasteiger partial charge in [-0.2, -0.15) is 0 Å². The molecule has 0 spiro atoms. The van der Waals surface area contributed by atoms with Crippen molar-refractivity contribution in [1.29, 1.82) is 0 Å². The first kappa shape index (κ1) is 12.0. The summed E-state index contributed by atoms with van der Waals surface area (Å²) in [6.07, 6.45) is 1.10. The molecule has 17 heavy (non-hydrogen) atoms. The topological polar surface area (TPSA) is 46.0 Å². The van der Waals surface area contributed by atoms with Crippen molar-refractivity contribution in [2.24, 2.45) is 0 Å². The van der Waals surface area contributed by atoms with Crippen LogP contribution < -0.4 is 0 Å². The largest absolute Gasteiger partial charge is 0.389 e. The average molecular weight is 249 g/mol. The first-order valence-corrected chi connectivity index (χ1v) is 5.73. The Bertz CT molecular complexity index is 541. The van der Waals surface area contributed by atoms with E-state index in [-0.39, 0.29) is 0 Å². The van der Waals surface area contributed by atoms with Gasteiger partial charge in [-0.25, -0.2) is 9.97 Å². The maximum absolute atomic E-state index is 9.51. The number of aliphatic hydroxyl groups is 1. The molecule has 1 aromatic carbocycles. The van der Waals surface area contributed by atoms with E-state index >= 15 is 0 Å². The minimum atomic E-state index is -0.552. The third kappa shape index (κ3) is 2.62. The lowest BCUT2D eigenvalue weighted by Gasteiger charge is -2.09. The van der Waals surface area contributed by atoms with Crippen molar-refractivity contribution in [2.75, 3.05) is 0 Å². The van der Waals surface area contributed by atoms with Crippen molar-refractivity contribution in [3.05, 3.63) is 46.7 Å². The molecule has 0 aliphatic carbocycles. The third-order valence-electron chi connectivity index (χ3n) is 2.55. The molecule has 1 heterocycles. The van der Waals surface area contributed by atoms with Crippen LogP contribution in [-0.2, 0) is 0 Å². The zero-order chi connectivity index (χ0) is 12.4. The Hall–Kier alpha value is -1.45. The molecule has 2 aromatic rings. The fourth-order valence-electron chi connectivity index (χ4n) is 1.65. The van der Waals surface area contributed by atoms with E-state index in [9.17, 15) is 5.11 Å². The summed E-state index contributed by atoms with van der Waals surface area (Å²) in [5.74, 6) is 0.620. The van der Waals surface area contributed by atoms with E-state index in [2.05, 4.69) is 9.97 Å². The fourth-order valence-corrected chi connectivity index (χ4v) is 1.84. The van der Waals surface area contributed by atoms with Crippen molar-refractivity contribution in [3.8, 4) is 11.4 Å². The Morgan fingerprint density at radius 3 is 2.71 bits per heavy atom. The minimum absolute atomic E-state index is 0.552. The molecule has 0 fully saturated rings. The monoisotopic (exact) mass is 248 g/mol. The Kier molecular flexibility index (Phi) is 3.41. The lowest BCUT2D eigenvalue weighted by molar-refractivity contribution is 0.197. The van der Waals surface area contributed by atoms with Crippen molar-refractivity contribution in [1.82, 2.24) is 9.97 Å². The van der Waals surface area contributed by atoms with Gasteiger partial charge in [0, 0.05) is 28.0 Å². The number of aromatic nitrogens is 2. The molecule has 3 nitrogen and oxygen atoms in total. The van der Waals surface area contributed by atoms with Crippen LogP contribution in [0.3, 0.4) is 0 Å². The molecule has 4 heteroatoms. The summed E-state index contributed by atoms with van der Waals surface area (Å²) in [4.78, 5) is 8.62. The molecule has 1 aromatic heterocycles. The lowest BCUT2D eigenvalue weighted by Crippen LogP contribution is -2.01. The maximum Gasteiger partial charge on any atom is 0.159 e. The van der Waals surface area contributed by atoms with Gasteiger partial charge in [0.15, 0.2) is 5.82 Å². The Morgan fingerprint density at radius 1 is 1.35 bits per heavy atom. The number of hydrogen-bond donors (Lipinski definition) is 1. The SMILES string of the molecule is Cc1nc(-c2cccc(Cl)c2)ncc1[C@@H](C)O. The molecule has 2 rings (SSSR count). The van der Waals surface area contributed by atoms with E-state index in [4.69, 9.17) is 11.6 Å². The van der Waals surface area contributed by atoms with Gasteiger partial charge in [0.25, 0.3) is 0 Å². The van der Waals surface area contributed by atoms with Crippen LogP contribution in [0.1, 0.15) is 24.3 Å².